The SMILES string of the molecule is CC(C)(C)C(=O)NC1CCCCC1.O=C(C(=O)C(F)(F)F)C(F)(F)F. The molecule has 0 spiro atoms. The highest BCUT2D eigenvalue weighted by Crippen LogP contribution is 2.24. The molecule has 1 aliphatic rings. The molecule has 0 aromatic rings. The van der Waals surface area contributed by atoms with Gasteiger partial charge in [0, 0.05) is 11.5 Å². The molecule has 0 bridgehead atoms. The van der Waals surface area contributed by atoms with Gasteiger partial charge in [0.15, 0.2) is 0 Å². The Morgan fingerprint density at radius 3 is 1.40 bits per heavy atom. The molecule has 4 nitrogen and oxygen atoms in total. The van der Waals surface area contributed by atoms with Gasteiger partial charge in [0.1, 0.15) is 0 Å². The minimum Gasteiger partial charge on any atom is -0.353 e. The summed E-state index contributed by atoms with van der Waals surface area (Å²) in [4.78, 5) is 30.9. The molecule has 1 saturated carbocycles. The molecule has 0 unspecified atom stereocenters. The van der Waals surface area contributed by atoms with Crippen LogP contribution in [0.1, 0.15) is 52.9 Å². The first-order valence-electron chi connectivity index (χ1n) is 7.60. The Morgan fingerprint density at radius 2 is 1.12 bits per heavy atom. The summed E-state index contributed by atoms with van der Waals surface area (Å²) in [6.45, 7) is 5.89. The number of hydrogen-bond acceptors (Lipinski definition) is 3. The molecule has 1 amide bonds. The first-order chi connectivity index (χ1) is 11.1. The fourth-order valence-corrected chi connectivity index (χ4v) is 1.91. The zero-order valence-electron chi connectivity index (χ0n) is 14.1. The van der Waals surface area contributed by atoms with Crippen LogP contribution in [-0.2, 0) is 14.4 Å². The van der Waals surface area contributed by atoms with E-state index in [2.05, 4.69) is 5.32 Å². The van der Waals surface area contributed by atoms with Crippen LogP contribution in [0, 0.1) is 5.41 Å². The smallest absolute Gasteiger partial charge is 0.353 e. The van der Waals surface area contributed by atoms with E-state index in [0.717, 1.165) is 0 Å². The van der Waals surface area contributed by atoms with Gasteiger partial charge >= 0.3 is 23.9 Å². The topological polar surface area (TPSA) is 63.2 Å². The van der Waals surface area contributed by atoms with Crippen molar-refractivity contribution < 1.29 is 40.7 Å². The second kappa shape index (κ2) is 8.66. The average molecular weight is 377 g/mol. The maximum Gasteiger partial charge on any atom is 0.458 e. The zero-order chi connectivity index (χ0) is 20.1. The quantitative estimate of drug-likeness (QED) is 0.589. The van der Waals surface area contributed by atoms with Crippen molar-refractivity contribution in [2.45, 2.75) is 71.3 Å². The van der Waals surface area contributed by atoms with E-state index in [1.165, 1.54) is 32.1 Å². The molecular weight excluding hydrogens is 356 g/mol. The summed E-state index contributed by atoms with van der Waals surface area (Å²) in [5, 5.41) is 3.12. The van der Waals surface area contributed by atoms with Gasteiger partial charge in [0.05, 0.1) is 0 Å². The number of halogens is 6. The predicted octanol–water partition coefficient (Wildman–Crippen LogP) is 3.73. The van der Waals surface area contributed by atoms with Crippen LogP contribution in [0.5, 0.6) is 0 Å². The van der Waals surface area contributed by atoms with Crippen LogP contribution in [-0.4, -0.2) is 35.9 Å². The molecule has 0 aromatic heterocycles. The molecule has 1 aliphatic carbocycles. The van der Waals surface area contributed by atoms with Crippen molar-refractivity contribution in [2.75, 3.05) is 0 Å². The van der Waals surface area contributed by atoms with E-state index in [4.69, 9.17) is 0 Å². The minimum absolute atomic E-state index is 0.194. The van der Waals surface area contributed by atoms with Crippen LogP contribution in [0.3, 0.4) is 0 Å². The summed E-state index contributed by atoms with van der Waals surface area (Å²) in [6, 6.07) is 0.445. The van der Waals surface area contributed by atoms with Crippen molar-refractivity contribution in [3.05, 3.63) is 0 Å². The predicted molar refractivity (Wildman–Crippen MR) is 76.6 cm³/mol. The molecule has 0 radical (unpaired) electrons. The lowest BCUT2D eigenvalue weighted by Crippen LogP contribution is -2.42. The number of carbonyl (C=O) groups is 3. The zero-order valence-corrected chi connectivity index (χ0v) is 14.1. The molecule has 0 aliphatic heterocycles. The molecule has 0 saturated heterocycles. The number of nitrogens with one attached hydrogen (secondary N) is 1. The molecular formula is C15H21F6NO3. The Kier molecular flexibility index (Phi) is 8.10. The van der Waals surface area contributed by atoms with E-state index in [-0.39, 0.29) is 11.3 Å². The Labute approximate surface area is 141 Å². The number of alkyl halides is 6. The summed E-state index contributed by atoms with van der Waals surface area (Å²) in [5.41, 5.74) is -0.239. The van der Waals surface area contributed by atoms with E-state index < -0.39 is 23.9 Å². The molecule has 25 heavy (non-hydrogen) atoms. The maximum absolute atomic E-state index is 11.6. The first-order valence-corrected chi connectivity index (χ1v) is 7.60. The maximum atomic E-state index is 11.6. The Morgan fingerprint density at radius 1 is 0.760 bits per heavy atom. The summed E-state index contributed by atoms with van der Waals surface area (Å²) < 4.78 is 67.0. The molecule has 0 heterocycles. The van der Waals surface area contributed by atoms with Gasteiger partial charge < -0.3 is 5.32 Å². The summed E-state index contributed by atoms with van der Waals surface area (Å²) in [5.74, 6) is -6.62. The highest BCUT2D eigenvalue weighted by Gasteiger charge is 2.54. The van der Waals surface area contributed by atoms with Crippen molar-refractivity contribution in [2.24, 2.45) is 5.41 Å². The van der Waals surface area contributed by atoms with Crippen LogP contribution in [0.4, 0.5) is 26.3 Å². The van der Waals surface area contributed by atoms with Crippen LogP contribution in [0.25, 0.3) is 0 Å². The third-order valence-electron chi connectivity index (χ3n) is 3.34. The lowest BCUT2D eigenvalue weighted by Gasteiger charge is -2.26. The second-order valence-corrected chi connectivity index (χ2v) is 6.71. The average Bonchev–Trinajstić information content (AvgIpc) is 2.44. The van der Waals surface area contributed by atoms with E-state index in [1.54, 1.807) is 0 Å². The number of carbonyl (C=O) groups excluding carboxylic acids is 3. The van der Waals surface area contributed by atoms with E-state index in [9.17, 15) is 40.7 Å². The minimum atomic E-state index is -5.77. The van der Waals surface area contributed by atoms with Crippen LogP contribution in [0.2, 0.25) is 0 Å². The molecule has 1 N–H and O–H groups in total. The van der Waals surface area contributed by atoms with Crippen LogP contribution < -0.4 is 5.32 Å². The summed E-state index contributed by atoms with van der Waals surface area (Å²) in [7, 11) is 0. The number of hydrogen-bond donors (Lipinski definition) is 1. The number of Topliss-reactive ketones (excluding diaryl/α,β-unsaturated/α-hetero) is 2. The van der Waals surface area contributed by atoms with Gasteiger partial charge in [0.25, 0.3) is 0 Å². The monoisotopic (exact) mass is 377 g/mol. The first kappa shape index (κ1) is 23.4. The molecule has 0 aromatic carbocycles. The largest absolute Gasteiger partial charge is 0.458 e. The summed E-state index contributed by atoms with van der Waals surface area (Å²) >= 11 is 0. The Bertz CT molecular complexity index is 461. The van der Waals surface area contributed by atoms with Crippen LogP contribution in [0.15, 0.2) is 0 Å². The fraction of sp³-hybridized carbons (Fsp3) is 0.800. The number of rotatable bonds is 2. The van der Waals surface area contributed by atoms with Gasteiger partial charge in [-0.1, -0.05) is 40.0 Å². The lowest BCUT2D eigenvalue weighted by molar-refractivity contribution is -0.193. The van der Waals surface area contributed by atoms with Gasteiger partial charge in [-0.05, 0) is 12.8 Å². The van der Waals surface area contributed by atoms with Gasteiger partial charge in [0.2, 0.25) is 5.91 Å². The summed E-state index contributed by atoms with van der Waals surface area (Å²) in [6.07, 6.45) is -5.32. The molecule has 1 rings (SSSR count). The highest BCUT2D eigenvalue weighted by molar-refractivity contribution is 6.41. The third-order valence-corrected chi connectivity index (χ3v) is 3.34. The van der Waals surface area contributed by atoms with Gasteiger partial charge in [-0.2, -0.15) is 26.3 Å². The molecule has 10 heteroatoms. The van der Waals surface area contributed by atoms with E-state index in [0.29, 0.717) is 6.04 Å². The van der Waals surface area contributed by atoms with Crippen LogP contribution >= 0.6 is 0 Å². The fourth-order valence-electron chi connectivity index (χ4n) is 1.91. The van der Waals surface area contributed by atoms with Crippen molar-refractivity contribution in [3.63, 3.8) is 0 Å². The Balaban J connectivity index is 0.000000463. The standard InChI is InChI=1S/C11H21NO.C4F6O2/c1-11(2,3)10(13)12-9-7-5-4-6-8-9;5-3(6,7)1(11)2(12)4(8,9)10/h9H,4-8H2,1-3H3,(H,12,13);. The van der Waals surface area contributed by atoms with Gasteiger partial charge in [-0.3, -0.25) is 14.4 Å². The van der Waals surface area contributed by atoms with Gasteiger partial charge in [-0.25, -0.2) is 0 Å². The van der Waals surface area contributed by atoms with E-state index in [1.807, 2.05) is 20.8 Å². The molecule has 0 atom stereocenters. The van der Waals surface area contributed by atoms with Crippen molar-refractivity contribution >= 4 is 17.5 Å². The van der Waals surface area contributed by atoms with Crippen molar-refractivity contribution in [1.29, 1.82) is 0 Å². The van der Waals surface area contributed by atoms with Crippen molar-refractivity contribution in [1.82, 2.24) is 5.32 Å². The Hall–Kier alpha value is -1.61. The molecule has 1 fully saturated rings. The molecule has 146 valence electrons. The lowest BCUT2D eigenvalue weighted by atomic mass is 9.91. The number of amides is 1. The number of ketones is 2. The third kappa shape index (κ3) is 8.87. The normalized spacial score (nSPS) is 16.5. The second-order valence-electron chi connectivity index (χ2n) is 6.71. The van der Waals surface area contributed by atoms with E-state index >= 15 is 0 Å². The highest BCUT2D eigenvalue weighted by atomic mass is 19.4. The van der Waals surface area contributed by atoms with Gasteiger partial charge in [-0.15, -0.1) is 0 Å². The van der Waals surface area contributed by atoms with Crippen molar-refractivity contribution in [3.8, 4) is 0 Å².